The van der Waals surface area contributed by atoms with Crippen molar-refractivity contribution in [2.24, 2.45) is 0 Å². The Morgan fingerprint density at radius 1 is 1.60 bits per heavy atom. The van der Waals surface area contributed by atoms with Crippen LogP contribution in [0.1, 0.15) is 10.5 Å². The van der Waals surface area contributed by atoms with Gasteiger partial charge in [0.15, 0.2) is 17.2 Å². The summed E-state index contributed by atoms with van der Waals surface area (Å²) in [6, 6.07) is 0. The zero-order valence-corrected chi connectivity index (χ0v) is 8.50. The van der Waals surface area contributed by atoms with Gasteiger partial charge < -0.3 is 15.5 Å². The molecule has 6 nitrogen and oxygen atoms in total. The van der Waals surface area contributed by atoms with Crippen LogP contribution in [0.2, 0.25) is 5.02 Å². The molecule has 0 unspecified atom stereocenters. The molecule has 3 N–H and O–H groups in total. The number of aromatic nitrogens is 3. The highest BCUT2D eigenvalue weighted by Gasteiger charge is 2.16. The quantitative estimate of drug-likeness (QED) is 0.707. The lowest BCUT2D eigenvalue weighted by Crippen LogP contribution is -2.10. The lowest BCUT2D eigenvalue weighted by molar-refractivity contribution is 0.0595. The molecule has 15 heavy (non-hydrogen) atoms. The van der Waals surface area contributed by atoms with Gasteiger partial charge in [-0.3, -0.25) is 0 Å². The van der Waals surface area contributed by atoms with Gasteiger partial charge in [-0.15, -0.1) is 0 Å². The summed E-state index contributed by atoms with van der Waals surface area (Å²) < 4.78 is 4.51. The predicted octanol–water partition coefficient (Wildman–Crippen LogP) is 0.980. The maximum absolute atomic E-state index is 11.3. The van der Waals surface area contributed by atoms with Crippen LogP contribution in [0.25, 0.3) is 11.2 Å². The summed E-state index contributed by atoms with van der Waals surface area (Å²) in [5.74, 6) is -0.632. The third kappa shape index (κ3) is 1.48. The van der Waals surface area contributed by atoms with Crippen LogP contribution >= 0.6 is 11.6 Å². The molecule has 2 aromatic heterocycles. The first-order valence-corrected chi connectivity index (χ1v) is 4.39. The first-order valence-electron chi connectivity index (χ1n) is 4.02. The number of hydrogen-bond acceptors (Lipinski definition) is 5. The molecule has 2 rings (SSSR count). The van der Waals surface area contributed by atoms with Gasteiger partial charge in [-0.25, -0.2) is 14.8 Å². The number of nitrogens with zero attached hydrogens (tertiary/aromatic N) is 2. The maximum atomic E-state index is 11.3. The summed E-state index contributed by atoms with van der Waals surface area (Å²) in [4.78, 5) is 21.9. The van der Waals surface area contributed by atoms with Crippen LogP contribution in [0.5, 0.6) is 0 Å². The number of carbonyl (C=O) groups is 1. The zero-order chi connectivity index (χ0) is 11.0. The van der Waals surface area contributed by atoms with Crippen molar-refractivity contribution in [2.75, 3.05) is 12.8 Å². The van der Waals surface area contributed by atoms with Gasteiger partial charge in [0.1, 0.15) is 5.52 Å². The van der Waals surface area contributed by atoms with Gasteiger partial charge in [0.2, 0.25) is 0 Å². The Balaban J connectivity index is 2.70. The van der Waals surface area contributed by atoms with E-state index in [9.17, 15) is 4.79 Å². The Labute approximate surface area is 89.4 Å². The molecule has 0 saturated heterocycles. The summed E-state index contributed by atoms with van der Waals surface area (Å²) in [6.45, 7) is 0. The van der Waals surface area contributed by atoms with Crippen molar-refractivity contribution in [3.05, 3.63) is 16.9 Å². The summed E-state index contributed by atoms with van der Waals surface area (Å²) in [5.41, 5.74) is 6.33. The molecule has 78 valence electrons. The second kappa shape index (κ2) is 3.39. The molecule has 0 bridgehead atoms. The number of rotatable bonds is 1. The molecule has 0 aromatic carbocycles. The lowest BCUT2D eigenvalue weighted by atomic mass is 10.4. The van der Waals surface area contributed by atoms with Crippen molar-refractivity contribution in [3.8, 4) is 0 Å². The Bertz CT molecular complexity index is 537. The Morgan fingerprint density at radius 2 is 2.33 bits per heavy atom. The number of nitrogens with one attached hydrogen (secondary N) is 1. The van der Waals surface area contributed by atoms with Crippen molar-refractivity contribution in [1.29, 1.82) is 0 Å². The number of hydrogen-bond donors (Lipinski definition) is 2. The minimum Gasteiger partial charge on any atom is -0.464 e. The van der Waals surface area contributed by atoms with E-state index < -0.39 is 5.97 Å². The number of carbonyl (C=O) groups excluding carboxylic acids is 1. The molecule has 0 radical (unpaired) electrons. The number of nitrogens with two attached hydrogens (primary N) is 1. The standard InChI is InChI=1S/C8H7ClN4O2/c1-15-8(14)5-6(10)13-7-4(12-5)3(9)2-11-7/h2H,1H3,(H3,10,11,13). The van der Waals surface area contributed by atoms with Crippen LogP contribution in [0.4, 0.5) is 5.82 Å². The number of fused-ring (bicyclic) bond motifs is 1. The van der Waals surface area contributed by atoms with E-state index in [1.54, 1.807) is 0 Å². The second-order valence-corrected chi connectivity index (χ2v) is 3.19. The first kappa shape index (κ1) is 9.72. The van der Waals surface area contributed by atoms with E-state index in [1.165, 1.54) is 13.3 Å². The smallest absolute Gasteiger partial charge is 0.360 e. The normalized spacial score (nSPS) is 10.5. The minimum absolute atomic E-state index is 0.00728. The summed E-state index contributed by atoms with van der Waals surface area (Å²) >= 11 is 5.82. The van der Waals surface area contributed by atoms with E-state index in [2.05, 4.69) is 19.7 Å². The van der Waals surface area contributed by atoms with Gasteiger partial charge >= 0.3 is 5.97 Å². The molecular weight excluding hydrogens is 220 g/mol. The van der Waals surface area contributed by atoms with Crippen LogP contribution in [-0.2, 0) is 4.74 Å². The molecule has 0 atom stereocenters. The Kier molecular flexibility index (Phi) is 2.20. The number of anilines is 1. The van der Waals surface area contributed by atoms with Crippen LogP contribution in [-0.4, -0.2) is 28.0 Å². The molecule has 0 amide bonds. The average molecular weight is 227 g/mol. The van der Waals surface area contributed by atoms with Gasteiger partial charge in [-0.05, 0) is 0 Å². The van der Waals surface area contributed by atoms with Gasteiger partial charge in [-0.2, -0.15) is 0 Å². The van der Waals surface area contributed by atoms with Crippen molar-refractivity contribution in [1.82, 2.24) is 15.0 Å². The monoisotopic (exact) mass is 226 g/mol. The first-order chi connectivity index (χ1) is 7.13. The summed E-state index contributed by atoms with van der Waals surface area (Å²) in [5, 5.41) is 0.377. The number of H-pyrrole nitrogens is 1. The van der Waals surface area contributed by atoms with Crippen molar-refractivity contribution >= 4 is 34.6 Å². The molecule has 7 heteroatoms. The van der Waals surface area contributed by atoms with Crippen molar-refractivity contribution < 1.29 is 9.53 Å². The summed E-state index contributed by atoms with van der Waals surface area (Å²) in [6.07, 6.45) is 1.52. The number of halogens is 1. The Morgan fingerprint density at radius 3 is 3.00 bits per heavy atom. The van der Waals surface area contributed by atoms with Gasteiger partial charge in [0, 0.05) is 6.20 Å². The van der Waals surface area contributed by atoms with E-state index >= 15 is 0 Å². The molecule has 0 spiro atoms. The topological polar surface area (TPSA) is 93.9 Å². The third-order valence-electron chi connectivity index (χ3n) is 1.86. The molecule has 2 heterocycles. The highest BCUT2D eigenvalue weighted by Crippen LogP contribution is 2.21. The molecule has 0 aliphatic heterocycles. The average Bonchev–Trinajstić information content (AvgIpc) is 2.58. The van der Waals surface area contributed by atoms with Crippen molar-refractivity contribution in [3.63, 3.8) is 0 Å². The molecule has 0 aliphatic carbocycles. The lowest BCUT2D eigenvalue weighted by Gasteiger charge is -2.01. The van der Waals surface area contributed by atoms with Crippen molar-refractivity contribution in [2.45, 2.75) is 0 Å². The molecule has 0 saturated carbocycles. The molecule has 2 aromatic rings. The molecule has 0 fully saturated rings. The summed E-state index contributed by atoms with van der Waals surface area (Å²) in [7, 11) is 1.24. The van der Waals surface area contributed by atoms with Crippen LogP contribution in [0.15, 0.2) is 6.20 Å². The fourth-order valence-electron chi connectivity index (χ4n) is 1.16. The van der Waals surface area contributed by atoms with E-state index in [1.807, 2.05) is 0 Å². The fraction of sp³-hybridized carbons (Fsp3) is 0.125. The van der Waals surface area contributed by atoms with Crippen LogP contribution in [0.3, 0.4) is 0 Å². The number of esters is 1. The SMILES string of the molecule is COC(=O)c1nc2c(Cl)c[nH]c2nc1N. The minimum atomic E-state index is -0.640. The van der Waals surface area contributed by atoms with Crippen LogP contribution in [0, 0.1) is 0 Å². The number of methoxy groups -OCH3 is 1. The highest BCUT2D eigenvalue weighted by molar-refractivity contribution is 6.35. The molecule has 0 aliphatic rings. The van der Waals surface area contributed by atoms with E-state index in [-0.39, 0.29) is 11.5 Å². The fourth-order valence-corrected chi connectivity index (χ4v) is 1.35. The van der Waals surface area contributed by atoms with E-state index in [0.717, 1.165) is 0 Å². The second-order valence-electron chi connectivity index (χ2n) is 2.78. The number of aromatic amines is 1. The van der Waals surface area contributed by atoms with Crippen LogP contribution < -0.4 is 5.73 Å². The predicted molar refractivity (Wildman–Crippen MR) is 54.7 cm³/mol. The maximum Gasteiger partial charge on any atom is 0.360 e. The van der Waals surface area contributed by atoms with Gasteiger partial charge in [0.05, 0.1) is 12.1 Å². The van der Waals surface area contributed by atoms with Gasteiger partial charge in [-0.1, -0.05) is 11.6 Å². The Hall–Kier alpha value is -1.82. The third-order valence-corrected chi connectivity index (χ3v) is 2.15. The molecular formula is C8H7ClN4O2. The van der Waals surface area contributed by atoms with E-state index in [0.29, 0.717) is 16.2 Å². The largest absolute Gasteiger partial charge is 0.464 e. The number of ether oxygens (including phenoxy) is 1. The van der Waals surface area contributed by atoms with E-state index in [4.69, 9.17) is 17.3 Å². The number of nitrogen functional groups attached to an aromatic ring is 1. The van der Waals surface area contributed by atoms with Gasteiger partial charge in [0.25, 0.3) is 0 Å². The zero-order valence-electron chi connectivity index (χ0n) is 7.74. The highest BCUT2D eigenvalue weighted by atomic mass is 35.5.